The van der Waals surface area contributed by atoms with Crippen LogP contribution in [0.25, 0.3) is 116 Å². The molecule has 15 rings (SSSR count). The highest BCUT2D eigenvalue weighted by Crippen LogP contribution is 2.52. The number of furan rings is 2. The number of hydrogen-bond donors (Lipinski definition) is 0. The van der Waals surface area contributed by atoms with Crippen molar-refractivity contribution in [3.63, 3.8) is 0 Å². The van der Waals surface area contributed by atoms with Crippen LogP contribution in [-0.4, -0.2) is 6.04 Å². The van der Waals surface area contributed by atoms with E-state index < -0.39 is 0 Å². The molecule has 0 radical (unpaired) electrons. The number of nitrogens with zero attached hydrogens (tertiary/aromatic N) is 1. The molecule has 11 aromatic carbocycles. The topological polar surface area (TPSA) is 29.5 Å². The van der Waals surface area contributed by atoms with Crippen molar-refractivity contribution in [3.05, 3.63) is 260 Å². The molecule has 3 nitrogen and oxygen atoms in total. The minimum Gasteiger partial charge on any atom is -0.455 e. The molecule has 0 fully saturated rings. The molecule has 1 aliphatic carbocycles. The average Bonchev–Trinajstić information content (AvgIpc) is 4.12. The highest BCUT2D eigenvalue weighted by Gasteiger charge is 2.39. The van der Waals surface area contributed by atoms with Crippen LogP contribution in [0.5, 0.6) is 0 Å². The maximum atomic E-state index is 6.60. The van der Waals surface area contributed by atoms with Gasteiger partial charge in [-0.05, 0) is 114 Å². The summed E-state index contributed by atoms with van der Waals surface area (Å²) in [5.74, 6) is 0.0738. The fraction of sp³-hybridized carbons (Fsp3) is 0.0294. The fourth-order valence-electron chi connectivity index (χ4n) is 12.0. The number of rotatable bonds is 6. The van der Waals surface area contributed by atoms with E-state index >= 15 is 0 Å². The summed E-state index contributed by atoms with van der Waals surface area (Å²) < 4.78 is 13.2. The van der Waals surface area contributed by atoms with E-state index in [1.807, 2.05) is 12.1 Å². The third-order valence-corrected chi connectivity index (χ3v) is 15.2. The van der Waals surface area contributed by atoms with Crippen LogP contribution in [-0.2, 0) is 0 Å². The molecule has 2 atom stereocenters. The lowest BCUT2D eigenvalue weighted by atomic mass is 9.85. The molecule has 3 heteroatoms. The molecule has 2 unspecified atom stereocenters. The van der Waals surface area contributed by atoms with Crippen molar-refractivity contribution in [3.8, 4) is 44.5 Å². The first-order chi connectivity index (χ1) is 35.2. The Balaban J connectivity index is 0.866. The van der Waals surface area contributed by atoms with E-state index in [2.05, 4.69) is 242 Å². The van der Waals surface area contributed by atoms with Gasteiger partial charge in [0.25, 0.3) is 0 Å². The van der Waals surface area contributed by atoms with Crippen molar-refractivity contribution in [1.29, 1.82) is 0 Å². The van der Waals surface area contributed by atoms with E-state index in [1.54, 1.807) is 0 Å². The smallest absolute Gasteiger partial charge is 0.143 e. The molecule has 0 saturated carbocycles. The summed E-state index contributed by atoms with van der Waals surface area (Å²) in [6.07, 6.45) is 7.18. The number of para-hydroxylation sites is 4. The largest absolute Gasteiger partial charge is 0.455 e. The van der Waals surface area contributed by atoms with Crippen molar-refractivity contribution in [1.82, 2.24) is 0 Å². The maximum absolute atomic E-state index is 6.60. The van der Waals surface area contributed by atoms with Gasteiger partial charge in [0.2, 0.25) is 0 Å². The summed E-state index contributed by atoms with van der Waals surface area (Å²) in [7, 11) is 0. The van der Waals surface area contributed by atoms with Crippen LogP contribution in [0.15, 0.2) is 258 Å². The summed E-state index contributed by atoms with van der Waals surface area (Å²) in [5.41, 5.74) is 19.1. The van der Waals surface area contributed by atoms with Gasteiger partial charge in [-0.3, -0.25) is 0 Å². The molecule has 0 amide bonds. The Morgan fingerprint density at radius 1 is 0.352 bits per heavy atom. The second-order valence-corrected chi connectivity index (χ2v) is 19.0. The Bertz CT molecular complexity index is 4340. The molecule has 0 saturated heterocycles. The zero-order chi connectivity index (χ0) is 46.6. The fourth-order valence-corrected chi connectivity index (χ4v) is 12.0. The van der Waals surface area contributed by atoms with Crippen molar-refractivity contribution in [2.75, 3.05) is 4.90 Å². The van der Waals surface area contributed by atoms with E-state index in [9.17, 15) is 0 Å². The Hall–Kier alpha value is -9.18. The normalized spacial score (nSPS) is 15.3. The molecule has 332 valence electrons. The van der Waals surface area contributed by atoms with Gasteiger partial charge in [0.15, 0.2) is 0 Å². The van der Waals surface area contributed by atoms with Crippen LogP contribution in [0.4, 0.5) is 11.4 Å². The highest BCUT2D eigenvalue weighted by molar-refractivity contribution is 6.22. The van der Waals surface area contributed by atoms with Gasteiger partial charge in [0.1, 0.15) is 22.3 Å². The van der Waals surface area contributed by atoms with Gasteiger partial charge in [-0.25, -0.2) is 0 Å². The SMILES string of the molecule is C1=CC2C(C=C1c1cccc3c1oc1ccccc13)c1cc(-c3cccc4c3oc3ccccc34)ccc1N2c1ccc(-c2ccc3c(-c4ccccc4)c4ccccc4c(-c4ccccc4)c3c2)cc1. The van der Waals surface area contributed by atoms with Crippen LogP contribution in [0, 0.1) is 0 Å². The molecule has 0 spiro atoms. The predicted molar refractivity (Wildman–Crippen MR) is 296 cm³/mol. The van der Waals surface area contributed by atoms with Crippen LogP contribution in [0.1, 0.15) is 17.0 Å². The van der Waals surface area contributed by atoms with Crippen LogP contribution < -0.4 is 4.90 Å². The molecule has 1 aliphatic heterocycles. The predicted octanol–water partition coefficient (Wildman–Crippen LogP) is 18.7. The first kappa shape index (κ1) is 39.8. The molecule has 2 aliphatic rings. The number of allylic oxidation sites excluding steroid dienone is 2. The summed E-state index contributed by atoms with van der Waals surface area (Å²) in [4.78, 5) is 2.53. The van der Waals surface area contributed by atoms with Gasteiger partial charge in [-0.15, -0.1) is 0 Å². The number of hydrogen-bond acceptors (Lipinski definition) is 3. The quantitative estimate of drug-likeness (QED) is 0.156. The number of fused-ring (bicyclic) bond motifs is 11. The molecule has 13 aromatic rings. The van der Waals surface area contributed by atoms with E-state index in [-0.39, 0.29) is 12.0 Å². The Kier molecular flexibility index (Phi) is 8.78. The minimum absolute atomic E-state index is 0.0607. The van der Waals surface area contributed by atoms with Gasteiger partial charge in [-0.2, -0.15) is 0 Å². The van der Waals surface area contributed by atoms with Gasteiger partial charge in [-0.1, -0.05) is 206 Å². The van der Waals surface area contributed by atoms with Crippen molar-refractivity contribution >= 4 is 82.4 Å². The molecular formula is C68H43NO2. The molecule has 2 aromatic heterocycles. The zero-order valence-corrected chi connectivity index (χ0v) is 38.6. The van der Waals surface area contributed by atoms with E-state index in [0.717, 1.165) is 66.3 Å². The van der Waals surface area contributed by atoms with Crippen LogP contribution in [0.2, 0.25) is 0 Å². The Morgan fingerprint density at radius 3 is 1.54 bits per heavy atom. The molecule has 71 heavy (non-hydrogen) atoms. The lowest BCUT2D eigenvalue weighted by Crippen LogP contribution is -2.28. The Labute approximate surface area is 410 Å². The van der Waals surface area contributed by atoms with Gasteiger partial charge >= 0.3 is 0 Å². The second-order valence-electron chi connectivity index (χ2n) is 19.0. The van der Waals surface area contributed by atoms with Crippen molar-refractivity contribution < 1.29 is 8.83 Å². The third-order valence-electron chi connectivity index (χ3n) is 15.2. The van der Waals surface area contributed by atoms with Crippen LogP contribution >= 0.6 is 0 Å². The lowest BCUT2D eigenvalue weighted by molar-refractivity contribution is 0.667. The van der Waals surface area contributed by atoms with Crippen LogP contribution in [0.3, 0.4) is 0 Å². The third kappa shape index (κ3) is 6.16. The van der Waals surface area contributed by atoms with E-state index in [4.69, 9.17) is 8.83 Å². The summed E-state index contributed by atoms with van der Waals surface area (Å²) in [5, 5.41) is 9.55. The van der Waals surface area contributed by atoms with Gasteiger partial charge < -0.3 is 13.7 Å². The summed E-state index contributed by atoms with van der Waals surface area (Å²) in [6.45, 7) is 0. The first-order valence-corrected chi connectivity index (χ1v) is 24.6. The number of anilines is 2. The first-order valence-electron chi connectivity index (χ1n) is 24.6. The zero-order valence-electron chi connectivity index (χ0n) is 38.6. The molecular weight excluding hydrogens is 863 g/mol. The summed E-state index contributed by atoms with van der Waals surface area (Å²) >= 11 is 0. The van der Waals surface area contributed by atoms with Gasteiger partial charge in [0.05, 0.1) is 6.04 Å². The molecule has 3 heterocycles. The van der Waals surface area contributed by atoms with E-state index in [0.29, 0.717) is 0 Å². The lowest BCUT2D eigenvalue weighted by Gasteiger charge is -2.30. The Morgan fingerprint density at radius 2 is 0.873 bits per heavy atom. The highest BCUT2D eigenvalue weighted by atomic mass is 16.3. The van der Waals surface area contributed by atoms with Crippen molar-refractivity contribution in [2.45, 2.75) is 12.0 Å². The standard InChI is InChI=1S/C68H43NO2/c1-3-15-43(16-4-1)65-53-21-7-8-22-54(53)66(44-17-5-2-6-18-44)60-39-45(31-36-55(60)65)42-29-34-48(35-30-42)69-61-37-32-46(49-23-13-25-56-51-19-9-11-27-63(51)70-67(49)56)40-58(61)59-41-47(33-38-62(59)69)50-24-14-26-57-52-20-10-12-28-64(52)71-68(50)57/h1-41,58,61H. The second kappa shape index (κ2) is 15.7. The number of benzene rings is 11. The average molecular weight is 906 g/mol. The van der Waals surface area contributed by atoms with Gasteiger partial charge in [0, 0.05) is 50.0 Å². The monoisotopic (exact) mass is 905 g/mol. The summed E-state index contributed by atoms with van der Waals surface area (Å²) in [6, 6.07) is 83.7. The molecule has 0 bridgehead atoms. The molecule has 0 N–H and O–H groups in total. The maximum Gasteiger partial charge on any atom is 0.143 e. The van der Waals surface area contributed by atoms with E-state index in [1.165, 1.54) is 71.7 Å². The van der Waals surface area contributed by atoms with Crippen molar-refractivity contribution in [2.24, 2.45) is 0 Å². The minimum atomic E-state index is 0.0607.